The number of hydrogen-bond donors (Lipinski definition) is 0. The first-order valence-corrected chi connectivity index (χ1v) is 12.5. The molecule has 0 atom stereocenters. The van der Waals surface area contributed by atoms with Crippen LogP contribution >= 0.6 is 23.4 Å². The van der Waals surface area contributed by atoms with Crippen molar-refractivity contribution in [3.8, 4) is 5.75 Å². The van der Waals surface area contributed by atoms with E-state index in [2.05, 4.69) is 39.9 Å². The van der Waals surface area contributed by atoms with Gasteiger partial charge in [0.1, 0.15) is 10.4 Å². The number of aromatic nitrogens is 1. The molecular formula is C22H31N2O2S2+. The topological polar surface area (TPSA) is 25.6 Å². The second-order valence-electron chi connectivity index (χ2n) is 7.73. The van der Waals surface area contributed by atoms with Gasteiger partial charge in [-0.15, -0.1) is 0 Å². The van der Waals surface area contributed by atoms with Gasteiger partial charge in [-0.1, -0.05) is 37.0 Å². The van der Waals surface area contributed by atoms with Crippen molar-refractivity contribution in [2.45, 2.75) is 45.1 Å². The number of fused-ring (bicyclic) bond motifs is 1. The maximum atomic E-state index is 5.64. The van der Waals surface area contributed by atoms with Crippen molar-refractivity contribution in [2.75, 3.05) is 32.6 Å². The summed E-state index contributed by atoms with van der Waals surface area (Å²) < 4.78 is 14.9. The number of aryl methyl sites for hydroxylation is 1. The molecule has 0 spiro atoms. The normalized spacial score (nSPS) is 18.5. The van der Waals surface area contributed by atoms with E-state index < -0.39 is 0 Å². The Morgan fingerprint density at radius 1 is 1.29 bits per heavy atom. The smallest absolute Gasteiger partial charge is 0.264 e. The first-order chi connectivity index (χ1) is 13.8. The highest BCUT2D eigenvalue weighted by molar-refractivity contribution is 7.94. The molecule has 1 saturated heterocycles. The van der Waals surface area contributed by atoms with E-state index in [1.54, 1.807) is 0 Å². The van der Waals surface area contributed by atoms with E-state index in [4.69, 9.17) is 8.92 Å². The van der Waals surface area contributed by atoms with E-state index in [1.807, 2.05) is 17.6 Å². The Labute approximate surface area is 176 Å². The Balaban J connectivity index is 1.54. The minimum atomic E-state index is 0.827. The zero-order chi connectivity index (χ0) is 19.2. The van der Waals surface area contributed by atoms with Gasteiger partial charge in [0.25, 0.3) is 5.01 Å². The van der Waals surface area contributed by atoms with Crippen molar-refractivity contribution < 1.29 is 13.5 Å². The first kappa shape index (κ1) is 20.0. The van der Waals surface area contributed by atoms with Crippen molar-refractivity contribution >= 4 is 39.7 Å². The molecule has 1 aromatic carbocycles. The fourth-order valence-electron chi connectivity index (χ4n) is 4.32. The molecule has 2 heterocycles. The Morgan fingerprint density at radius 2 is 2.11 bits per heavy atom. The molecule has 2 aliphatic rings. The van der Waals surface area contributed by atoms with Gasteiger partial charge in [-0.25, -0.2) is 0 Å². The maximum Gasteiger partial charge on any atom is 0.264 e. The maximum absolute atomic E-state index is 5.64. The molecule has 4 nitrogen and oxygen atoms in total. The summed E-state index contributed by atoms with van der Waals surface area (Å²) in [7, 11) is 0. The lowest BCUT2D eigenvalue weighted by Crippen LogP contribution is -2.36. The molecular weight excluding hydrogens is 388 g/mol. The van der Waals surface area contributed by atoms with E-state index in [0.717, 1.165) is 44.5 Å². The van der Waals surface area contributed by atoms with Gasteiger partial charge in [0.15, 0.2) is 6.54 Å². The van der Waals surface area contributed by atoms with E-state index >= 15 is 0 Å². The van der Waals surface area contributed by atoms with Crippen LogP contribution in [0.2, 0.25) is 0 Å². The van der Waals surface area contributed by atoms with Crippen LogP contribution in [0.4, 0.5) is 0 Å². The molecule has 0 N–H and O–H groups in total. The van der Waals surface area contributed by atoms with Gasteiger partial charge in [-0.05, 0) is 18.4 Å². The highest BCUT2D eigenvalue weighted by atomic mass is 32.2. The zero-order valence-electron chi connectivity index (χ0n) is 16.8. The summed E-state index contributed by atoms with van der Waals surface area (Å²) in [5.74, 6) is 1.89. The average Bonchev–Trinajstić information content (AvgIpc) is 3.35. The molecule has 1 aliphatic heterocycles. The molecule has 2 fully saturated rings. The molecule has 1 aromatic heterocycles. The lowest BCUT2D eigenvalue weighted by atomic mass is 10.0. The molecule has 1 aliphatic carbocycles. The summed E-state index contributed by atoms with van der Waals surface area (Å²) in [4.78, 5) is 2.36. The second-order valence-corrected chi connectivity index (χ2v) is 9.29. The van der Waals surface area contributed by atoms with Crippen molar-refractivity contribution in [3.63, 3.8) is 0 Å². The zero-order valence-corrected chi connectivity index (χ0v) is 18.4. The predicted octanol–water partition coefficient (Wildman–Crippen LogP) is 5.12. The third-order valence-electron chi connectivity index (χ3n) is 5.82. The van der Waals surface area contributed by atoms with Crippen molar-refractivity contribution in [1.29, 1.82) is 0 Å². The van der Waals surface area contributed by atoms with E-state index in [0.29, 0.717) is 0 Å². The molecule has 1 saturated carbocycles. The van der Waals surface area contributed by atoms with Crippen LogP contribution in [-0.2, 0) is 11.3 Å². The Kier molecular flexibility index (Phi) is 7.15. The fraction of sp³-hybridized carbons (Fsp3) is 0.591. The van der Waals surface area contributed by atoms with Gasteiger partial charge in [-0.3, -0.25) is 0 Å². The highest BCUT2D eigenvalue weighted by Crippen LogP contribution is 2.30. The van der Waals surface area contributed by atoms with Gasteiger partial charge < -0.3 is 13.8 Å². The quantitative estimate of drug-likeness (QED) is 0.438. The summed E-state index contributed by atoms with van der Waals surface area (Å²) in [5, 5.41) is 1.33. The fourth-order valence-corrected chi connectivity index (χ4v) is 5.73. The standard InChI is InChI=1S/C22H31N2O2S2/c1-27-26-19-8-9-20-21(17-19)28-22(10-12-23-13-15-25-16-14-23)24(20)11-4-7-18-5-2-3-6-18/h8-10,12,17-18H,2-7,11,13-16H2,1H3/q+1. The monoisotopic (exact) mass is 419 g/mol. The molecule has 152 valence electrons. The van der Waals surface area contributed by atoms with Gasteiger partial charge in [0.05, 0.1) is 25.3 Å². The molecule has 28 heavy (non-hydrogen) atoms. The van der Waals surface area contributed by atoms with Crippen LogP contribution in [0.3, 0.4) is 0 Å². The number of morpholine rings is 1. The third-order valence-corrected chi connectivity index (χ3v) is 7.30. The molecule has 0 bridgehead atoms. The van der Waals surface area contributed by atoms with Gasteiger partial charge in [-0.2, -0.15) is 4.57 Å². The van der Waals surface area contributed by atoms with Crippen LogP contribution in [0, 0.1) is 5.92 Å². The summed E-state index contributed by atoms with van der Waals surface area (Å²) in [5.41, 5.74) is 1.33. The van der Waals surface area contributed by atoms with Crippen LogP contribution < -0.4 is 8.75 Å². The SMILES string of the molecule is CSOc1ccc2c(c1)sc(/C=C/N1CCOCC1)[n+]2CCCC1CCCC1. The highest BCUT2D eigenvalue weighted by Gasteiger charge is 2.21. The number of nitrogens with zero attached hydrogens (tertiary/aromatic N) is 2. The largest absolute Gasteiger partial charge is 0.426 e. The Bertz CT molecular complexity index is 793. The lowest BCUT2D eigenvalue weighted by Gasteiger charge is -2.24. The average molecular weight is 420 g/mol. The summed E-state index contributed by atoms with van der Waals surface area (Å²) in [6.45, 7) is 4.71. The van der Waals surface area contributed by atoms with Crippen molar-refractivity contribution in [3.05, 3.63) is 29.4 Å². The van der Waals surface area contributed by atoms with Gasteiger partial charge >= 0.3 is 0 Å². The minimum Gasteiger partial charge on any atom is -0.426 e. The first-order valence-electron chi connectivity index (χ1n) is 10.5. The van der Waals surface area contributed by atoms with Gasteiger partial charge in [0.2, 0.25) is 5.52 Å². The van der Waals surface area contributed by atoms with Crippen LogP contribution in [0.25, 0.3) is 16.3 Å². The molecule has 0 amide bonds. The second kappa shape index (κ2) is 9.99. The summed E-state index contributed by atoms with van der Waals surface area (Å²) in [6.07, 6.45) is 14.9. The number of ether oxygens (including phenoxy) is 1. The van der Waals surface area contributed by atoms with E-state index in [9.17, 15) is 0 Å². The number of rotatable bonds is 8. The number of hydrogen-bond acceptors (Lipinski definition) is 5. The Morgan fingerprint density at radius 3 is 2.89 bits per heavy atom. The summed E-state index contributed by atoms with van der Waals surface area (Å²) >= 11 is 3.26. The van der Waals surface area contributed by atoms with Crippen LogP contribution in [-0.4, -0.2) is 37.5 Å². The minimum absolute atomic E-state index is 0.827. The van der Waals surface area contributed by atoms with E-state index in [-0.39, 0.29) is 0 Å². The Hall–Kier alpha value is -1.24. The third kappa shape index (κ3) is 5.02. The van der Waals surface area contributed by atoms with Crippen LogP contribution in [0.5, 0.6) is 5.75 Å². The molecule has 0 unspecified atom stereocenters. The molecule has 0 radical (unpaired) electrons. The van der Waals surface area contributed by atoms with Crippen LogP contribution in [0.1, 0.15) is 43.5 Å². The van der Waals surface area contributed by atoms with Crippen LogP contribution in [0.15, 0.2) is 24.4 Å². The number of thiazole rings is 1. The summed E-state index contributed by atoms with van der Waals surface area (Å²) in [6, 6.07) is 6.49. The van der Waals surface area contributed by atoms with Crippen molar-refractivity contribution in [1.82, 2.24) is 4.90 Å². The predicted molar refractivity (Wildman–Crippen MR) is 119 cm³/mol. The molecule has 4 rings (SSSR count). The lowest BCUT2D eigenvalue weighted by molar-refractivity contribution is -0.669. The molecule has 6 heteroatoms. The van der Waals surface area contributed by atoms with Gasteiger partial charge in [0, 0.05) is 50.2 Å². The molecule has 2 aromatic rings. The van der Waals surface area contributed by atoms with E-state index in [1.165, 1.54) is 65.8 Å². The van der Waals surface area contributed by atoms with Crippen molar-refractivity contribution in [2.24, 2.45) is 5.92 Å². The number of benzene rings is 1.